The quantitative estimate of drug-likeness (QED) is 0.810. The van der Waals surface area contributed by atoms with Crippen LogP contribution in [-0.4, -0.2) is 27.0 Å². The molecule has 0 fully saturated rings. The second-order valence-corrected chi connectivity index (χ2v) is 6.15. The summed E-state index contributed by atoms with van der Waals surface area (Å²) >= 11 is 0. The monoisotopic (exact) mass is 365 g/mol. The van der Waals surface area contributed by atoms with Gasteiger partial charge in [0.05, 0.1) is 18.0 Å². The van der Waals surface area contributed by atoms with Crippen LogP contribution in [0.1, 0.15) is 39.2 Å². The maximum absolute atomic E-state index is 13.6. The van der Waals surface area contributed by atoms with Crippen LogP contribution in [-0.2, 0) is 10.7 Å². The maximum atomic E-state index is 13.6. The topological polar surface area (TPSA) is 89.0 Å². The molecule has 2 aromatic rings. The number of nitrogens with one attached hydrogen (secondary N) is 2. The van der Waals surface area contributed by atoms with Gasteiger partial charge in [-0.2, -0.15) is 8.78 Å². The Labute approximate surface area is 150 Å². The average Bonchev–Trinajstić information content (AvgIpc) is 2.47. The van der Waals surface area contributed by atoms with Gasteiger partial charge in [0.1, 0.15) is 11.6 Å². The van der Waals surface area contributed by atoms with Gasteiger partial charge in [-0.15, -0.1) is 0 Å². The van der Waals surface area contributed by atoms with Crippen LogP contribution in [0, 0.1) is 6.92 Å². The highest BCUT2D eigenvalue weighted by molar-refractivity contribution is 5.88. The normalized spacial score (nSPS) is 11.4. The van der Waals surface area contributed by atoms with Crippen molar-refractivity contribution in [1.29, 1.82) is 0 Å². The first-order valence-electron chi connectivity index (χ1n) is 8.00. The molecule has 7 nitrogen and oxygen atoms in total. The van der Waals surface area contributed by atoms with Gasteiger partial charge in [0, 0.05) is 31.7 Å². The highest BCUT2D eigenvalue weighted by Crippen LogP contribution is 2.31. The zero-order valence-corrected chi connectivity index (χ0v) is 15.2. The fourth-order valence-corrected chi connectivity index (χ4v) is 2.10. The van der Waals surface area contributed by atoms with E-state index < -0.39 is 11.7 Å². The van der Waals surface area contributed by atoms with Crippen LogP contribution in [0.2, 0.25) is 0 Å². The van der Waals surface area contributed by atoms with Crippen molar-refractivity contribution in [3.05, 3.63) is 29.8 Å². The lowest BCUT2D eigenvalue weighted by Crippen LogP contribution is -2.15. The van der Waals surface area contributed by atoms with Crippen LogP contribution in [0.5, 0.6) is 5.75 Å². The highest BCUT2D eigenvalue weighted by Gasteiger charge is 2.29. The number of hydrogen-bond acceptors (Lipinski definition) is 6. The summed E-state index contributed by atoms with van der Waals surface area (Å²) in [7, 11) is 0. The van der Waals surface area contributed by atoms with Crippen molar-refractivity contribution in [3.63, 3.8) is 0 Å². The lowest BCUT2D eigenvalue weighted by Gasteiger charge is -2.17. The second-order valence-electron chi connectivity index (χ2n) is 6.15. The summed E-state index contributed by atoms with van der Waals surface area (Å²) in [5.74, 6) is -3.16. The van der Waals surface area contributed by atoms with E-state index in [0.29, 0.717) is 22.9 Å². The van der Waals surface area contributed by atoms with E-state index in [1.54, 1.807) is 13.0 Å². The van der Waals surface area contributed by atoms with Gasteiger partial charge < -0.3 is 15.4 Å². The summed E-state index contributed by atoms with van der Waals surface area (Å²) in [6.07, 6.45) is 1.31. The third-order valence-electron chi connectivity index (χ3n) is 3.04. The lowest BCUT2D eigenvalue weighted by molar-refractivity contribution is -0.114. The van der Waals surface area contributed by atoms with Crippen molar-refractivity contribution < 1.29 is 18.3 Å². The Kier molecular flexibility index (Phi) is 5.69. The van der Waals surface area contributed by atoms with Crippen molar-refractivity contribution in [1.82, 2.24) is 15.0 Å². The van der Waals surface area contributed by atoms with E-state index in [1.807, 2.05) is 13.8 Å². The molecule has 2 heterocycles. The molecule has 26 heavy (non-hydrogen) atoms. The number of amides is 1. The zero-order valence-electron chi connectivity index (χ0n) is 15.2. The molecular formula is C17H21F2N5O2. The van der Waals surface area contributed by atoms with E-state index in [9.17, 15) is 13.6 Å². The molecule has 0 bridgehead atoms. The van der Waals surface area contributed by atoms with Gasteiger partial charge in [0.15, 0.2) is 5.75 Å². The number of carbonyl (C=O) groups is 1. The lowest BCUT2D eigenvalue weighted by atomic mass is 10.3. The number of rotatable bonds is 6. The number of aromatic nitrogens is 3. The molecule has 0 unspecified atom stereocenters. The summed E-state index contributed by atoms with van der Waals surface area (Å²) in [4.78, 5) is 23.0. The van der Waals surface area contributed by atoms with Gasteiger partial charge in [0.2, 0.25) is 11.7 Å². The van der Waals surface area contributed by atoms with Crippen LogP contribution >= 0.6 is 0 Å². The molecule has 0 aliphatic rings. The van der Waals surface area contributed by atoms with Crippen molar-refractivity contribution >= 4 is 23.2 Å². The van der Waals surface area contributed by atoms with E-state index in [0.717, 1.165) is 6.92 Å². The maximum Gasteiger partial charge on any atom is 0.303 e. The minimum Gasteiger partial charge on any atom is -0.487 e. The molecule has 0 aromatic carbocycles. The Bertz CT molecular complexity index is 806. The first-order chi connectivity index (χ1) is 12.0. The zero-order chi connectivity index (χ0) is 19.5. The number of alkyl halides is 2. The number of aryl methyl sites for hydroxylation is 1. The van der Waals surface area contributed by atoms with Crippen LogP contribution in [0.3, 0.4) is 0 Å². The summed E-state index contributed by atoms with van der Waals surface area (Å²) in [5.41, 5.74) is 0.822. The molecule has 0 atom stereocenters. The number of halogens is 2. The number of pyridine rings is 1. The Balaban J connectivity index is 2.43. The number of hydrogen-bond donors (Lipinski definition) is 2. The highest BCUT2D eigenvalue weighted by atomic mass is 19.3. The van der Waals surface area contributed by atoms with Crippen LogP contribution in [0.15, 0.2) is 18.3 Å². The van der Waals surface area contributed by atoms with Gasteiger partial charge in [0.25, 0.3) is 0 Å². The minimum atomic E-state index is -3.17. The Morgan fingerprint density at radius 2 is 1.92 bits per heavy atom. The van der Waals surface area contributed by atoms with Gasteiger partial charge >= 0.3 is 5.92 Å². The Morgan fingerprint density at radius 3 is 2.50 bits per heavy atom. The van der Waals surface area contributed by atoms with Crippen molar-refractivity contribution in [2.24, 2.45) is 0 Å². The molecule has 0 saturated carbocycles. The van der Waals surface area contributed by atoms with Crippen molar-refractivity contribution in [2.45, 2.75) is 46.6 Å². The van der Waals surface area contributed by atoms with Gasteiger partial charge in [-0.3, -0.25) is 4.79 Å². The molecule has 9 heteroatoms. The summed E-state index contributed by atoms with van der Waals surface area (Å²) in [5, 5.41) is 5.50. The fraction of sp³-hybridized carbons (Fsp3) is 0.412. The molecule has 2 N–H and O–H groups in total. The molecule has 1 amide bonds. The minimum absolute atomic E-state index is 0.133. The van der Waals surface area contributed by atoms with Crippen LogP contribution < -0.4 is 15.4 Å². The summed E-state index contributed by atoms with van der Waals surface area (Å²) in [6.45, 7) is 7.38. The molecular weight excluding hydrogens is 344 g/mol. The predicted molar refractivity (Wildman–Crippen MR) is 93.9 cm³/mol. The van der Waals surface area contributed by atoms with Gasteiger partial charge in [-0.25, -0.2) is 15.0 Å². The van der Waals surface area contributed by atoms with Crippen LogP contribution in [0.25, 0.3) is 0 Å². The number of nitrogens with zero attached hydrogens (tertiary/aromatic N) is 3. The molecule has 2 rings (SSSR count). The van der Waals surface area contributed by atoms with Crippen molar-refractivity contribution in [3.8, 4) is 5.75 Å². The first-order valence-corrected chi connectivity index (χ1v) is 8.00. The molecule has 0 radical (unpaired) electrons. The number of ether oxygens (including phenoxy) is 1. The van der Waals surface area contributed by atoms with E-state index >= 15 is 0 Å². The SMILES string of the molecule is CC(=O)Nc1cc(Nc2cc(C)nc(C(C)(F)F)n2)c(OC(C)C)cn1. The third-order valence-corrected chi connectivity index (χ3v) is 3.04. The molecule has 0 aliphatic heterocycles. The van der Waals surface area contributed by atoms with Crippen LogP contribution in [0.4, 0.5) is 26.1 Å². The van der Waals surface area contributed by atoms with Gasteiger partial charge in [-0.05, 0) is 20.8 Å². The summed E-state index contributed by atoms with van der Waals surface area (Å²) in [6, 6.07) is 3.08. The predicted octanol–water partition coefficient (Wildman–Crippen LogP) is 3.78. The third kappa shape index (κ3) is 5.33. The standard InChI is InChI=1S/C17H21F2N5O2/c1-9(2)26-13-8-20-14(22-11(4)25)7-12(13)23-15-6-10(3)21-16(24-15)17(5,18)19/h6-9H,1-5H3,(H2,20,21,22,23,24,25). The molecule has 140 valence electrons. The molecule has 2 aromatic heterocycles. The van der Waals surface area contributed by atoms with E-state index in [1.165, 1.54) is 19.2 Å². The first kappa shape index (κ1) is 19.5. The average molecular weight is 365 g/mol. The largest absolute Gasteiger partial charge is 0.487 e. The molecule has 0 spiro atoms. The van der Waals surface area contributed by atoms with E-state index in [2.05, 4.69) is 25.6 Å². The Morgan fingerprint density at radius 1 is 1.23 bits per heavy atom. The molecule has 0 saturated heterocycles. The smallest absolute Gasteiger partial charge is 0.303 e. The number of carbonyl (C=O) groups excluding carboxylic acids is 1. The Hall–Kier alpha value is -2.84. The summed E-state index contributed by atoms with van der Waals surface area (Å²) < 4.78 is 32.8. The van der Waals surface area contributed by atoms with E-state index in [4.69, 9.17) is 4.74 Å². The second kappa shape index (κ2) is 7.59. The molecule has 0 aliphatic carbocycles. The van der Waals surface area contributed by atoms with Crippen molar-refractivity contribution in [2.75, 3.05) is 10.6 Å². The number of anilines is 3. The van der Waals surface area contributed by atoms with Gasteiger partial charge in [-0.1, -0.05) is 0 Å². The fourth-order valence-electron chi connectivity index (χ4n) is 2.10. The van der Waals surface area contributed by atoms with E-state index in [-0.39, 0.29) is 17.8 Å².